The van der Waals surface area contributed by atoms with Gasteiger partial charge in [-0.15, -0.1) is 0 Å². The van der Waals surface area contributed by atoms with Crippen molar-refractivity contribution in [3.05, 3.63) is 33.0 Å². The van der Waals surface area contributed by atoms with Crippen LogP contribution in [0.5, 0.6) is 0 Å². The van der Waals surface area contributed by atoms with Crippen molar-refractivity contribution < 1.29 is 9.13 Å². The number of halogens is 3. The van der Waals surface area contributed by atoms with Gasteiger partial charge in [-0.25, -0.2) is 4.39 Å². The third-order valence-corrected chi connectivity index (χ3v) is 4.51. The summed E-state index contributed by atoms with van der Waals surface area (Å²) in [5, 5.41) is 0.0875. The first-order valence-corrected chi connectivity index (χ1v) is 6.99. The highest BCUT2D eigenvalue weighted by atomic mass is 79.9. The van der Waals surface area contributed by atoms with E-state index in [0.717, 1.165) is 19.4 Å². The lowest BCUT2D eigenvalue weighted by molar-refractivity contribution is 0.0385. The van der Waals surface area contributed by atoms with Gasteiger partial charge < -0.3 is 4.74 Å². The molecule has 0 bridgehead atoms. The molecular formula is C12H15BrClFN2O. The van der Waals surface area contributed by atoms with Gasteiger partial charge in [-0.2, -0.15) is 0 Å². The zero-order chi connectivity index (χ0) is 13.1. The van der Waals surface area contributed by atoms with Gasteiger partial charge in [-0.05, 0) is 34.8 Å². The summed E-state index contributed by atoms with van der Waals surface area (Å²) in [6.45, 7) is 1.35. The summed E-state index contributed by atoms with van der Waals surface area (Å²) < 4.78 is 20.1. The third-order valence-electron chi connectivity index (χ3n) is 3.25. The highest BCUT2D eigenvalue weighted by Crippen LogP contribution is 2.35. The molecule has 2 atom stereocenters. The van der Waals surface area contributed by atoms with Crippen molar-refractivity contribution in [2.45, 2.75) is 18.9 Å². The molecule has 1 aromatic carbocycles. The van der Waals surface area contributed by atoms with Crippen molar-refractivity contribution in [3.63, 3.8) is 0 Å². The Bertz CT molecular complexity index is 427. The minimum atomic E-state index is -0.431. The zero-order valence-electron chi connectivity index (χ0n) is 9.76. The van der Waals surface area contributed by atoms with Crippen LogP contribution >= 0.6 is 27.5 Å². The summed E-state index contributed by atoms with van der Waals surface area (Å²) in [5.74, 6) is 5.30. The van der Waals surface area contributed by atoms with Gasteiger partial charge in [0.25, 0.3) is 0 Å². The molecule has 0 amide bonds. The summed E-state index contributed by atoms with van der Waals surface area (Å²) in [6.07, 6.45) is 1.93. The second kappa shape index (κ2) is 6.30. The summed E-state index contributed by atoms with van der Waals surface area (Å²) in [4.78, 5) is 0. The standard InChI is InChI=1S/C12H15BrClFN2O/c13-9-4-3-8(11(15)10(9)14)12(17-16)7-2-1-5-18-6-7/h3-4,7,12,17H,1-2,5-6,16H2. The van der Waals surface area contributed by atoms with E-state index in [1.54, 1.807) is 12.1 Å². The minimum absolute atomic E-state index is 0.0875. The molecule has 1 aromatic rings. The van der Waals surface area contributed by atoms with E-state index in [1.165, 1.54) is 0 Å². The molecule has 2 unspecified atom stereocenters. The van der Waals surface area contributed by atoms with Gasteiger partial charge >= 0.3 is 0 Å². The first kappa shape index (κ1) is 14.2. The second-order valence-electron chi connectivity index (χ2n) is 4.39. The van der Waals surface area contributed by atoms with E-state index in [2.05, 4.69) is 21.4 Å². The zero-order valence-corrected chi connectivity index (χ0v) is 12.1. The van der Waals surface area contributed by atoms with E-state index in [1.807, 2.05) is 0 Å². The van der Waals surface area contributed by atoms with Crippen molar-refractivity contribution in [1.29, 1.82) is 0 Å². The smallest absolute Gasteiger partial charge is 0.147 e. The van der Waals surface area contributed by atoms with Crippen molar-refractivity contribution in [3.8, 4) is 0 Å². The predicted octanol–water partition coefficient (Wildman–Crippen LogP) is 3.17. The van der Waals surface area contributed by atoms with Gasteiger partial charge in [0.2, 0.25) is 0 Å². The molecule has 3 N–H and O–H groups in total. The van der Waals surface area contributed by atoms with Crippen LogP contribution in [0.4, 0.5) is 4.39 Å². The van der Waals surface area contributed by atoms with Crippen molar-refractivity contribution >= 4 is 27.5 Å². The molecule has 1 fully saturated rings. The van der Waals surface area contributed by atoms with E-state index in [-0.39, 0.29) is 17.0 Å². The molecule has 0 saturated carbocycles. The largest absolute Gasteiger partial charge is 0.381 e. The lowest BCUT2D eigenvalue weighted by atomic mass is 9.89. The molecule has 6 heteroatoms. The predicted molar refractivity (Wildman–Crippen MR) is 72.7 cm³/mol. The molecule has 0 radical (unpaired) electrons. The van der Waals surface area contributed by atoms with Crippen molar-refractivity contribution in [1.82, 2.24) is 5.43 Å². The van der Waals surface area contributed by atoms with Gasteiger partial charge in [0, 0.05) is 22.6 Å². The number of rotatable bonds is 3. The monoisotopic (exact) mass is 336 g/mol. The summed E-state index contributed by atoms with van der Waals surface area (Å²) in [6, 6.07) is 3.15. The average molecular weight is 338 g/mol. The molecule has 1 heterocycles. The molecule has 0 spiro atoms. The molecule has 18 heavy (non-hydrogen) atoms. The van der Waals surface area contributed by atoms with Crippen LogP contribution in [0.1, 0.15) is 24.4 Å². The Morgan fingerprint density at radius 1 is 1.56 bits per heavy atom. The molecule has 1 aliphatic rings. The fraction of sp³-hybridized carbons (Fsp3) is 0.500. The highest BCUT2D eigenvalue weighted by molar-refractivity contribution is 9.10. The van der Waals surface area contributed by atoms with Gasteiger partial charge in [0.15, 0.2) is 0 Å². The average Bonchev–Trinajstić information content (AvgIpc) is 2.41. The second-order valence-corrected chi connectivity index (χ2v) is 5.62. The number of hydrogen-bond donors (Lipinski definition) is 2. The van der Waals surface area contributed by atoms with Crippen LogP contribution in [-0.2, 0) is 4.74 Å². The van der Waals surface area contributed by atoms with E-state index < -0.39 is 5.82 Å². The van der Waals surface area contributed by atoms with Gasteiger partial charge in [-0.1, -0.05) is 17.7 Å². The summed E-state index contributed by atoms with van der Waals surface area (Å²) >= 11 is 9.10. The number of ether oxygens (including phenoxy) is 1. The first-order valence-electron chi connectivity index (χ1n) is 5.82. The number of hydrazine groups is 1. The van der Waals surface area contributed by atoms with Crippen LogP contribution in [0.15, 0.2) is 16.6 Å². The number of benzene rings is 1. The SMILES string of the molecule is NNC(c1ccc(Br)c(Cl)c1F)C1CCCOC1. The Labute approximate surface area is 119 Å². The van der Waals surface area contributed by atoms with Crippen LogP contribution in [0.3, 0.4) is 0 Å². The lowest BCUT2D eigenvalue weighted by Crippen LogP contribution is -2.37. The molecular weight excluding hydrogens is 323 g/mol. The van der Waals surface area contributed by atoms with E-state index in [9.17, 15) is 4.39 Å². The van der Waals surface area contributed by atoms with Gasteiger partial charge in [0.1, 0.15) is 5.82 Å². The maximum Gasteiger partial charge on any atom is 0.147 e. The van der Waals surface area contributed by atoms with Crippen LogP contribution in [0.25, 0.3) is 0 Å². The summed E-state index contributed by atoms with van der Waals surface area (Å²) in [7, 11) is 0. The third kappa shape index (κ3) is 2.86. The van der Waals surface area contributed by atoms with E-state index in [0.29, 0.717) is 16.6 Å². The number of nitrogens with one attached hydrogen (secondary N) is 1. The Morgan fingerprint density at radius 2 is 2.33 bits per heavy atom. The fourth-order valence-electron chi connectivity index (χ4n) is 2.29. The molecule has 3 nitrogen and oxygen atoms in total. The Hall–Kier alpha value is -0.200. The number of nitrogens with two attached hydrogens (primary N) is 1. The normalized spacial score (nSPS) is 21.9. The van der Waals surface area contributed by atoms with Crippen LogP contribution in [0, 0.1) is 11.7 Å². The van der Waals surface area contributed by atoms with Crippen LogP contribution < -0.4 is 11.3 Å². The molecule has 0 aliphatic carbocycles. The first-order chi connectivity index (χ1) is 8.65. The lowest BCUT2D eigenvalue weighted by Gasteiger charge is -2.30. The molecule has 0 aromatic heterocycles. The van der Waals surface area contributed by atoms with Gasteiger partial charge in [0.05, 0.1) is 17.7 Å². The van der Waals surface area contributed by atoms with Crippen LogP contribution in [0.2, 0.25) is 5.02 Å². The Balaban J connectivity index is 2.29. The molecule has 2 rings (SSSR count). The maximum atomic E-state index is 14.2. The van der Waals surface area contributed by atoms with Crippen molar-refractivity contribution in [2.75, 3.05) is 13.2 Å². The Morgan fingerprint density at radius 3 is 2.94 bits per heavy atom. The minimum Gasteiger partial charge on any atom is -0.381 e. The Kier molecular flexibility index (Phi) is 4.98. The quantitative estimate of drug-likeness (QED) is 0.506. The van der Waals surface area contributed by atoms with E-state index in [4.69, 9.17) is 22.2 Å². The summed E-state index contributed by atoms with van der Waals surface area (Å²) in [5.41, 5.74) is 3.17. The maximum absolute atomic E-state index is 14.2. The molecule has 1 aliphatic heterocycles. The topological polar surface area (TPSA) is 47.3 Å². The van der Waals surface area contributed by atoms with E-state index >= 15 is 0 Å². The van der Waals surface area contributed by atoms with Crippen molar-refractivity contribution in [2.24, 2.45) is 11.8 Å². The van der Waals surface area contributed by atoms with Gasteiger partial charge in [-0.3, -0.25) is 11.3 Å². The molecule has 1 saturated heterocycles. The molecule has 100 valence electrons. The number of hydrogen-bond acceptors (Lipinski definition) is 3. The fourth-order valence-corrected chi connectivity index (χ4v) is 2.77. The highest BCUT2D eigenvalue weighted by Gasteiger charge is 2.28. The van der Waals surface area contributed by atoms with Crippen LogP contribution in [-0.4, -0.2) is 13.2 Å².